The van der Waals surface area contributed by atoms with Gasteiger partial charge >= 0.3 is 0 Å². The van der Waals surface area contributed by atoms with Crippen molar-refractivity contribution < 1.29 is 14.0 Å². The van der Waals surface area contributed by atoms with Crippen LogP contribution in [0, 0.1) is 5.82 Å². The lowest BCUT2D eigenvalue weighted by Crippen LogP contribution is -2.30. The number of aromatic nitrogens is 2. The molecule has 0 bridgehead atoms. The zero-order valence-corrected chi connectivity index (χ0v) is 20.6. The number of carbonyl (C=O) groups excluding carboxylic acids is 2. The lowest BCUT2D eigenvalue weighted by molar-refractivity contribution is -0.130. The third-order valence-electron chi connectivity index (χ3n) is 6.49. The second kappa shape index (κ2) is 10.1. The van der Waals surface area contributed by atoms with Crippen molar-refractivity contribution in [3.63, 3.8) is 0 Å². The Morgan fingerprint density at radius 2 is 1.89 bits per heavy atom. The van der Waals surface area contributed by atoms with Crippen LogP contribution in [0.15, 0.2) is 60.9 Å². The first-order valence-electron chi connectivity index (χ1n) is 11.9. The van der Waals surface area contributed by atoms with Crippen LogP contribution >= 0.6 is 11.6 Å². The molecule has 6 nitrogen and oxygen atoms in total. The van der Waals surface area contributed by atoms with Crippen molar-refractivity contribution in [2.75, 3.05) is 0 Å². The molecule has 0 atom stereocenters. The predicted molar refractivity (Wildman–Crippen MR) is 137 cm³/mol. The summed E-state index contributed by atoms with van der Waals surface area (Å²) in [5, 5.41) is 3.41. The number of nitrogens with one attached hydrogen (secondary N) is 2. The Morgan fingerprint density at radius 3 is 2.61 bits per heavy atom. The minimum absolute atomic E-state index is 0.0410. The number of halogens is 2. The van der Waals surface area contributed by atoms with Crippen molar-refractivity contribution in [2.45, 2.75) is 45.3 Å². The highest BCUT2D eigenvalue weighted by Gasteiger charge is 2.30. The molecule has 1 aliphatic rings. The van der Waals surface area contributed by atoms with Crippen LogP contribution in [0.5, 0.6) is 0 Å². The van der Waals surface area contributed by atoms with Gasteiger partial charge in [0.1, 0.15) is 5.82 Å². The molecule has 0 aliphatic heterocycles. The highest BCUT2D eigenvalue weighted by Crippen LogP contribution is 2.29. The van der Waals surface area contributed by atoms with Gasteiger partial charge in [0.2, 0.25) is 5.91 Å². The molecule has 0 spiro atoms. The van der Waals surface area contributed by atoms with Gasteiger partial charge in [0.15, 0.2) is 0 Å². The molecule has 2 amide bonds. The summed E-state index contributed by atoms with van der Waals surface area (Å²) < 4.78 is 14.8. The minimum atomic E-state index is -0.443. The molecule has 5 rings (SSSR count). The molecule has 0 saturated heterocycles. The molecule has 8 heteroatoms. The van der Waals surface area contributed by atoms with Crippen LogP contribution in [0.1, 0.15) is 52.5 Å². The van der Waals surface area contributed by atoms with Crippen molar-refractivity contribution in [1.82, 2.24) is 20.2 Å². The van der Waals surface area contributed by atoms with Crippen molar-refractivity contribution in [3.8, 4) is 0 Å². The minimum Gasteiger partial charge on any atom is -0.360 e. The van der Waals surface area contributed by atoms with Gasteiger partial charge in [0.05, 0.1) is 10.4 Å². The van der Waals surface area contributed by atoms with E-state index in [9.17, 15) is 14.0 Å². The molecule has 1 aliphatic carbocycles. The summed E-state index contributed by atoms with van der Waals surface area (Å²) in [6.07, 6.45) is 5.87. The average molecular weight is 505 g/mol. The zero-order valence-electron chi connectivity index (χ0n) is 19.9. The van der Waals surface area contributed by atoms with Crippen LogP contribution in [-0.2, 0) is 24.3 Å². The van der Waals surface area contributed by atoms with E-state index in [1.54, 1.807) is 43.6 Å². The predicted octanol–water partition coefficient (Wildman–Crippen LogP) is 5.39. The van der Waals surface area contributed by atoms with E-state index in [0.717, 1.165) is 29.7 Å². The molecule has 4 aromatic rings. The first kappa shape index (κ1) is 24.0. The summed E-state index contributed by atoms with van der Waals surface area (Å²) in [6, 6.07) is 15.3. The number of pyridine rings is 1. The summed E-state index contributed by atoms with van der Waals surface area (Å²) >= 11 is 6.07. The van der Waals surface area contributed by atoms with Crippen molar-refractivity contribution in [1.29, 1.82) is 0 Å². The van der Waals surface area contributed by atoms with E-state index >= 15 is 0 Å². The molecule has 1 saturated carbocycles. The Labute approximate surface area is 213 Å². The van der Waals surface area contributed by atoms with E-state index in [-0.39, 0.29) is 18.4 Å². The number of carbonyl (C=O) groups is 2. The molecular formula is C28H26ClFN4O2. The molecular weight excluding hydrogens is 479 g/mol. The number of benzene rings is 2. The number of aromatic amines is 1. The summed E-state index contributed by atoms with van der Waals surface area (Å²) in [5.41, 5.74) is 4.33. The molecule has 1 fully saturated rings. The van der Waals surface area contributed by atoms with Gasteiger partial charge in [-0.2, -0.15) is 0 Å². The monoisotopic (exact) mass is 504 g/mol. The van der Waals surface area contributed by atoms with Crippen LogP contribution < -0.4 is 5.32 Å². The van der Waals surface area contributed by atoms with Gasteiger partial charge in [-0.15, -0.1) is 0 Å². The Morgan fingerprint density at radius 1 is 1.14 bits per heavy atom. The number of nitrogens with zero attached hydrogens (tertiary/aromatic N) is 2. The number of H-pyrrole nitrogens is 1. The SMILES string of the molecule is CC(=O)N(Cc1ccc(Cc2cc(C(=O)NCc3ccc4[nH]cc(Cl)c4c3F)ccn2)cc1)C1CC1. The number of hydrogen-bond acceptors (Lipinski definition) is 3. The molecule has 0 unspecified atom stereocenters. The van der Waals surface area contributed by atoms with Gasteiger partial charge in [-0.3, -0.25) is 14.6 Å². The van der Waals surface area contributed by atoms with Crippen molar-refractivity contribution in [2.24, 2.45) is 0 Å². The Bertz CT molecular complexity index is 1430. The second-order valence-electron chi connectivity index (χ2n) is 9.19. The molecule has 36 heavy (non-hydrogen) atoms. The fraction of sp³-hybridized carbons (Fsp3) is 0.250. The quantitative estimate of drug-likeness (QED) is 0.338. The first-order chi connectivity index (χ1) is 17.4. The van der Waals surface area contributed by atoms with Crippen molar-refractivity contribution >= 4 is 34.3 Å². The van der Waals surface area contributed by atoms with E-state index in [2.05, 4.69) is 15.3 Å². The molecule has 184 valence electrons. The van der Waals surface area contributed by atoms with Gasteiger partial charge in [-0.25, -0.2) is 4.39 Å². The normalized spacial score (nSPS) is 13.1. The van der Waals surface area contributed by atoms with E-state index in [4.69, 9.17) is 11.6 Å². The summed E-state index contributed by atoms with van der Waals surface area (Å²) in [7, 11) is 0. The molecule has 2 aromatic carbocycles. The highest BCUT2D eigenvalue weighted by molar-refractivity contribution is 6.35. The number of rotatable bonds is 8. The van der Waals surface area contributed by atoms with Crippen LogP contribution in [0.4, 0.5) is 4.39 Å². The zero-order chi connectivity index (χ0) is 25.2. The fourth-order valence-electron chi connectivity index (χ4n) is 4.37. The van der Waals surface area contributed by atoms with E-state index in [0.29, 0.717) is 46.1 Å². The van der Waals surface area contributed by atoms with Gasteiger partial charge in [0, 0.05) is 67.2 Å². The first-order valence-corrected chi connectivity index (χ1v) is 12.3. The standard InChI is InChI=1S/C28H26ClFN4O2/c1-17(35)34(23-7-8-23)16-19-4-2-18(3-5-19)12-22-13-20(10-11-31-22)28(36)33-14-21-6-9-25-26(27(21)30)24(29)15-32-25/h2-6,9-11,13,15,23,32H,7-8,12,14,16H2,1H3,(H,33,36). The second-order valence-corrected chi connectivity index (χ2v) is 9.59. The molecule has 2 heterocycles. The van der Waals surface area contributed by atoms with Gasteiger partial charge in [-0.05, 0) is 42.2 Å². The Kier molecular flexibility index (Phi) is 6.74. The lowest BCUT2D eigenvalue weighted by atomic mass is 10.1. The third kappa shape index (κ3) is 5.26. The molecule has 2 N–H and O–H groups in total. The maximum absolute atomic E-state index is 14.8. The maximum atomic E-state index is 14.8. The van der Waals surface area contributed by atoms with Crippen LogP contribution in [-0.4, -0.2) is 32.7 Å². The summed E-state index contributed by atoms with van der Waals surface area (Å²) in [4.78, 5) is 33.9. The Balaban J connectivity index is 1.21. The number of amides is 2. The highest BCUT2D eigenvalue weighted by atomic mass is 35.5. The summed E-state index contributed by atoms with van der Waals surface area (Å²) in [6.45, 7) is 2.28. The van der Waals surface area contributed by atoms with E-state index in [1.807, 2.05) is 29.2 Å². The smallest absolute Gasteiger partial charge is 0.251 e. The van der Waals surface area contributed by atoms with E-state index < -0.39 is 5.82 Å². The average Bonchev–Trinajstić information content (AvgIpc) is 3.64. The van der Waals surface area contributed by atoms with E-state index in [1.165, 1.54) is 0 Å². The van der Waals surface area contributed by atoms with Gasteiger partial charge < -0.3 is 15.2 Å². The topological polar surface area (TPSA) is 78.1 Å². The fourth-order valence-corrected chi connectivity index (χ4v) is 4.61. The Hall–Kier alpha value is -3.71. The third-order valence-corrected chi connectivity index (χ3v) is 6.78. The largest absolute Gasteiger partial charge is 0.360 e. The van der Waals surface area contributed by atoms with Crippen molar-refractivity contribution in [3.05, 3.63) is 99.7 Å². The van der Waals surface area contributed by atoms with Crippen LogP contribution in [0.25, 0.3) is 10.9 Å². The summed E-state index contributed by atoms with van der Waals surface area (Å²) in [5.74, 6) is -0.642. The van der Waals surface area contributed by atoms with Gasteiger partial charge in [0.25, 0.3) is 5.91 Å². The van der Waals surface area contributed by atoms with Crippen LogP contribution in [0.3, 0.4) is 0 Å². The number of hydrogen-bond donors (Lipinski definition) is 2. The van der Waals surface area contributed by atoms with Gasteiger partial charge in [-0.1, -0.05) is 41.9 Å². The lowest BCUT2D eigenvalue weighted by Gasteiger charge is -2.20. The molecule has 0 radical (unpaired) electrons. The van der Waals surface area contributed by atoms with Crippen LogP contribution in [0.2, 0.25) is 5.02 Å². The maximum Gasteiger partial charge on any atom is 0.251 e. The number of fused-ring (bicyclic) bond motifs is 1. The molecule has 2 aromatic heterocycles.